The van der Waals surface area contributed by atoms with Crippen molar-refractivity contribution in [1.29, 1.82) is 0 Å². The number of halogens is 1. The fourth-order valence-electron chi connectivity index (χ4n) is 2.71. The molecule has 21 heavy (non-hydrogen) atoms. The summed E-state index contributed by atoms with van der Waals surface area (Å²) in [7, 11) is 0. The first-order chi connectivity index (χ1) is 10.1. The first-order valence-corrected chi connectivity index (χ1v) is 7.65. The number of hydrogen-bond donors (Lipinski definition) is 1. The molecule has 6 heteroatoms. The minimum Gasteiger partial charge on any atom is -0.502 e. The van der Waals surface area contributed by atoms with E-state index in [1.54, 1.807) is 0 Å². The molecular weight excluding hydrogens is 334 g/mol. The lowest BCUT2D eigenvalue weighted by atomic mass is 10.1. The van der Waals surface area contributed by atoms with Crippen LogP contribution < -0.4 is 5.56 Å². The van der Waals surface area contributed by atoms with Crippen molar-refractivity contribution in [2.45, 2.75) is 33.1 Å². The number of rotatable bonds is 3. The van der Waals surface area contributed by atoms with Gasteiger partial charge in [-0.2, -0.15) is 0 Å². The van der Waals surface area contributed by atoms with Gasteiger partial charge in [-0.05, 0) is 30.2 Å². The summed E-state index contributed by atoms with van der Waals surface area (Å²) >= 11 is 3.49. The van der Waals surface area contributed by atoms with Gasteiger partial charge in [-0.15, -0.1) is 0 Å². The minimum absolute atomic E-state index is 0.297. The molecule has 1 aliphatic rings. The van der Waals surface area contributed by atoms with Crippen molar-refractivity contribution in [2.24, 2.45) is 0 Å². The van der Waals surface area contributed by atoms with Crippen LogP contribution in [-0.2, 0) is 26.2 Å². The standard InChI is InChI=1S/C15H16BrN3O2/c1-2-19-14(17-6-13(20)15(19)21)9-18-7-10-3-4-12(16)5-11(10)8-18/h3-6,20H,2,7-9H2,1H3. The summed E-state index contributed by atoms with van der Waals surface area (Å²) in [5.41, 5.74) is 2.23. The molecule has 5 nitrogen and oxygen atoms in total. The number of aromatic nitrogens is 2. The molecule has 1 aromatic carbocycles. The van der Waals surface area contributed by atoms with Gasteiger partial charge in [0.2, 0.25) is 0 Å². The Morgan fingerprint density at radius 2 is 2.10 bits per heavy atom. The minimum atomic E-state index is -0.373. The first-order valence-electron chi connectivity index (χ1n) is 6.86. The Morgan fingerprint density at radius 1 is 1.33 bits per heavy atom. The van der Waals surface area contributed by atoms with Crippen molar-refractivity contribution in [1.82, 2.24) is 14.5 Å². The summed E-state index contributed by atoms with van der Waals surface area (Å²) in [5, 5.41) is 9.47. The summed E-state index contributed by atoms with van der Waals surface area (Å²) in [6, 6.07) is 6.30. The summed E-state index contributed by atoms with van der Waals surface area (Å²) in [6.07, 6.45) is 1.24. The maximum absolute atomic E-state index is 11.9. The second-order valence-corrected chi connectivity index (χ2v) is 6.08. The van der Waals surface area contributed by atoms with Crippen LogP contribution in [0.25, 0.3) is 0 Å². The molecule has 0 unspecified atom stereocenters. The monoisotopic (exact) mass is 349 g/mol. The quantitative estimate of drug-likeness (QED) is 0.923. The van der Waals surface area contributed by atoms with E-state index in [4.69, 9.17) is 0 Å². The van der Waals surface area contributed by atoms with Crippen molar-refractivity contribution >= 4 is 15.9 Å². The van der Waals surface area contributed by atoms with Gasteiger partial charge in [0, 0.05) is 24.1 Å². The predicted octanol–water partition coefficient (Wildman–Crippen LogP) is 2.25. The van der Waals surface area contributed by atoms with Crippen LogP contribution in [0.4, 0.5) is 0 Å². The molecule has 0 aliphatic carbocycles. The number of aromatic hydroxyl groups is 1. The third-order valence-corrected chi connectivity index (χ3v) is 4.24. The molecule has 2 aromatic rings. The molecule has 1 aromatic heterocycles. The van der Waals surface area contributed by atoms with Gasteiger partial charge >= 0.3 is 0 Å². The van der Waals surface area contributed by atoms with E-state index in [1.807, 2.05) is 13.0 Å². The maximum atomic E-state index is 11.9. The zero-order chi connectivity index (χ0) is 15.0. The Bertz CT molecular complexity index is 742. The number of benzene rings is 1. The Labute approximate surface area is 131 Å². The SMILES string of the molecule is CCn1c(CN2Cc3ccc(Br)cc3C2)ncc(O)c1=O. The van der Waals surface area contributed by atoms with Crippen LogP contribution in [0.1, 0.15) is 23.9 Å². The van der Waals surface area contributed by atoms with Crippen molar-refractivity contribution in [2.75, 3.05) is 0 Å². The zero-order valence-corrected chi connectivity index (χ0v) is 13.3. The van der Waals surface area contributed by atoms with Crippen LogP contribution >= 0.6 is 15.9 Å². The molecule has 0 radical (unpaired) electrons. The maximum Gasteiger partial charge on any atom is 0.295 e. The Morgan fingerprint density at radius 3 is 2.86 bits per heavy atom. The van der Waals surface area contributed by atoms with E-state index >= 15 is 0 Å². The largest absolute Gasteiger partial charge is 0.502 e. The van der Waals surface area contributed by atoms with Crippen LogP contribution in [0.5, 0.6) is 5.75 Å². The molecular formula is C15H16BrN3O2. The van der Waals surface area contributed by atoms with Crippen LogP contribution in [0.3, 0.4) is 0 Å². The molecule has 0 atom stereocenters. The van der Waals surface area contributed by atoms with E-state index < -0.39 is 0 Å². The van der Waals surface area contributed by atoms with Crippen LogP contribution in [0.2, 0.25) is 0 Å². The van der Waals surface area contributed by atoms with Crippen LogP contribution in [0.15, 0.2) is 33.7 Å². The Hall–Kier alpha value is -1.66. The van der Waals surface area contributed by atoms with Crippen LogP contribution in [0, 0.1) is 0 Å². The average molecular weight is 350 g/mol. The van der Waals surface area contributed by atoms with Gasteiger partial charge in [-0.25, -0.2) is 4.98 Å². The third-order valence-electron chi connectivity index (χ3n) is 3.75. The molecule has 0 spiro atoms. The lowest BCUT2D eigenvalue weighted by molar-refractivity contribution is 0.261. The number of fused-ring (bicyclic) bond motifs is 1. The van der Waals surface area contributed by atoms with Gasteiger partial charge < -0.3 is 5.11 Å². The molecule has 1 aliphatic heterocycles. The highest BCUT2D eigenvalue weighted by Gasteiger charge is 2.21. The highest BCUT2D eigenvalue weighted by molar-refractivity contribution is 9.10. The van der Waals surface area contributed by atoms with Gasteiger partial charge in [-0.1, -0.05) is 22.0 Å². The smallest absolute Gasteiger partial charge is 0.295 e. The molecule has 0 amide bonds. The van der Waals surface area contributed by atoms with Gasteiger partial charge in [-0.3, -0.25) is 14.3 Å². The summed E-state index contributed by atoms with van der Waals surface area (Å²) in [6.45, 7) is 4.66. The van der Waals surface area contributed by atoms with E-state index in [1.165, 1.54) is 21.9 Å². The molecule has 0 fully saturated rings. The van der Waals surface area contributed by atoms with Crippen LogP contribution in [-0.4, -0.2) is 19.6 Å². The third kappa shape index (κ3) is 2.73. The summed E-state index contributed by atoms with van der Waals surface area (Å²) in [5.74, 6) is 0.390. The predicted molar refractivity (Wildman–Crippen MR) is 82.9 cm³/mol. The summed E-state index contributed by atoms with van der Waals surface area (Å²) < 4.78 is 2.60. The average Bonchev–Trinajstić information content (AvgIpc) is 2.84. The normalized spacial score (nSPS) is 14.4. The lowest BCUT2D eigenvalue weighted by Gasteiger charge is -2.17. The van der Waals surface area contributed by atoms with E-state index in [0.717, 1.165) is 17.6 Å². The number of hydrogen-bond acceptors (Lipinski definition) is 4. The zero-order valence-electron chi connectivity index (χ0n) is 11.7. The van der Waals surface area contributed by atoms with E-state index in [-0.39, 0.29) is 11.3 Å². The molecule has 1 N–H and O–H groups in total. The number of nitrogens with zero attached hydrogens (tertiary/aromatic N) is 3. The fraction of sp³-hybridized carbons (Fsp3) is 0.333. The van der Waals surface area contributed by atoms with Crippen molar-refractivity contribution < 1.29 is 5.11 Å². The topological polar surface area (TPSA) is 58.4 Å². The molecule has 2 heterocycles. The Kier molecular flexibility index (Phi) is 3.82. The lowest BCUT2D eigenvalue weighted by Crippen LogP contribution is -2.28. The van der Waals surface area contributed by atoms with Crippen molar-refractivity contribution in [3.05, 3.63) is 56.2 Å². The molecule has 0 saturated heterocycles. The van der Waals surface area contributed by atoms with Gasteiger partial charge in [0.25, 0.3) is 5.56 Å². The molecule has 0 saturated carbocycles. The second-order valence-electron chi connectivity index (χ2n) is 5.17. The van der Waals surface area contributed by atoms with Crippen molar-refractivity contribution in [3.8, 4) is 5.75 Å². The van der Waals surface area contributed by atoms with Gasteiger partial charge in [0.05, 0.1) is 12.7 Å². The van der Waals surface area contributed by atoms with Gasteiger partial charge in [0.15, 0.2) is 5.75 Å². The van der Waals surface area contributed by atoms with E-state index in [9.17, 15) is 9.90 Å². The Balaban J connectivity index is 1.84. The highest BCUT2D eigenvalue weighted by atomic mass is 79.9. The van der Waals surface area contributed by atoms with E-state index in [2.05, 4.69) is 37.9 Å². The molecule has 110 valence electrons. The highest BCUT2D eigenvalue weighted by Crippen LogP contribution is 2.26. The van der Waals surface area contributed by atoms with Crippen molar-refractivity contribution in [3.63, 3.8) is 0 Å². The summed E-state index contributed by atoms with van der Waals surface area (Å²) in [4.78, 5) is 18.4. The fourth-order valence-corrected chi connectivity index (χ4v) is 3.12. The molecule has 0 bridgehead atoms. The van der Waals surface area contributed by atoms with Gasteiger partial charge in [0.1, 0.15) is 5.82 Å². The second kappa shape index (κ2) is 5.61. The van der Waals surface area contributed by atoms with E-state index in [0.29, 0.717) is 18.9 Å². The first kappa shape index (κ1) is 14.3. The molecule has 3 rings (SSSR count).